The van der Waals surface area contributed by atoms with Gasteiger partial charge in [-0.05, 0) is 18.2 Å². The Morgan fingerprint density at radius 1 is 1.28 bits per heavy atom. The second-order valence-corrected chi connectivity index (χ2v) is 7.43. The highest BCUT2D eigenvalue weighted by molar-refractivity contribution is 7.99. The van der Waals surface area contributed by atoms with E-state index >= 15 is 0 Å². The molecule has 1 aliphatic heterocycles. The first-order chi connectivity index (χ1) is 12.3. The Bertz CT molecular complexity index is 804. The minimum absolute atomic E-state index is 0.0731. The van der Waals surface area contributed by atoms with Crippen LogP contribution in [0, 0.1) is 0 Å². The third kappa shape index (κ3) is 3.60. The number of fused-ring (bicyclic) bond motifs is 1. The summed E-state index contributed by atoms with van der Waals surface area (Å²) >= 11 is 1.98. The number of carbonyl (C=O) groups is 1. The average molecular weight is 355 g/mol. The van der Waals surface area contributed by atoms with Gasteiger partial charge in [-0.25, -0.2) is 0 Å². The molecule has 2 aromatic heterocycles. The molecule has 130 valence electrons. The number of hydrogen-bond acceptors (Lipinski definition) is 4. The van der Waals surface area contributed by atoms with Crippen LogP contribution >= 0.6 is 11.8 Å². The molecule has 0 radical (unpaired) electrons. The van der Waals surface area contributed by atoms with E-state index in [1.165, 1.54) is 0 Å². The highest BCUT2D eigenvalue weighted by Gasteiger charge is 2.24. The van der Waals surface area contributed by atoms with Crippen molar-refractivity contribution >= 4 is 28.6 Å². The van der Waals surface area contributed by atoms with Crippen LogP contribution in [-0.4, -0.2) is 46.9 Å². The van der Waals surface area contributed by atoms with E-state index in [2.05, 4.69) is 15.2 Å². The first-order valence-electron chi connectivity index (χ1n) is 8.51. The minimum atomic E-state index is -0.0731. The van der Waals surface area contributed by atoms with Gasteiger partial charge in [0.1, 0.15) is 5.69 Å². The van der Waals surface area contributed by atoms with Crippen LogP contribution in [0.2, 0.25) is 0 Å². The molecule has 4 rings (SSSR count). The third-order valence-corrected chi connectivity index (χ3v) is 5.59. The summed E-state index contributed by atoms with van der Waals surface area (Å²) < 4.78 is 5.27. The van der Waals surface area contributed by atoms with Crippen LogP contribution in [0.3, 0.4) is 0 Å². The van der Waals surface area contributed by atoms with Gasteiger partial charge in [0, 0.05) is 47.6 Å². The molecule has 0 saturated carbocycles. The molecular formula is C19H21N3O2S. The van der Waals surface area contributed by atoms with E-state index in [9.17, 15) is 4.79 Å². The van der Waals surface area contributed by atoms with E-state index in [0.717, 1.165) is 41.1 Å². The third-order valence-electron chi connectivity index (χ3n) is 4.64. The molecule has 1 unspecified atom stereocenters. The van der Waals surface area contributed by atoms with E-state index in [1.54, 1.807) is 12.5 Å². The van der Waals surface area contributed by atoms with Crippen LogP contribution in [0.1, 0.15) is 22.1 Å². The van der Waals surface area contributed by atoms with Crippen LogP contribution in [0.25, 0.3) is 10.9 Å². The predicted octanol–water partition coefficient (Wildman–Crippen LogP) is 3.28. The number of nitrogens with one attached hydrogen (secondary N) is 2. The number of carbonyl (C=O) groups excluding carboxylic acids is 1. The quantitative estimate of drug-likeness (QED) is 0.737. The second kappa shape index (κ2) is 7.37. The first kappa shape index (κ1) is 16.3. The molecule has 1 aliphatic rings. The van der Waals surface area contributed by atoms with Crippen molar-refractivity contribution in [3.8, 4) is 0 Å². The lowest BCUT2D eigenvalue weighted by atomic mass is 10.1. The fraction of sp³-hybridized carbons (Fsp3) is 0.316. The fourth-order valence-electron chi connectivity index (χ4n) is 3.29. The SMILES string of the molecule is O=C(NCC(c1ccoc1)N1CCSCC1)c1cc2ccccc2[nH]1. The number of H-pyrrole nitrogens is 1. The molecule has 6 heteroatoms. The van der Waals surface area contributed by atoms with Gasteiger partial charge >= 0.3 is 0 Å². The number of para-hydroxylation sites is 1. The van der Waals surface area contributed by atoms with Crippen molar-refractivity contribution in [2.45, 2.75) is 6.04 Å². The van der Waals surface area contributed by atoms with E-state index in [4.69, 9.17) is 4.42 Å². The lowest BCUT2D eigenvalue weighted by molar-refractivity contribution is 0.0930. The number of rotatable bonds is 5. The lowest BCUT2D eigenvalue weighted by Crippen LogP contribution is -2.42. The molecule has 0 aliphatic carbocycles. The van der Waals surface area contributed by atoms with Crippen LogP contribution in [-0.2, 0) is 0 Å². The molecule has 1 amide bonds. The van der Waals surface area contributed by atoms with Crippen LogP contribution < -0.4 is 5.32 Å². The van der Waals surface area contributed by atoms with Crippen LogP contribution in [0.15, 0.2) is 53.3 Å². The summed E-state index contributed by atoms with van der Waals surface area (Å²) in [5.74, 6) is 2.19. The van der Waals surface area contributed by atoms with E-state index in [-0.39, 0.29) is 11.9 Å². The van der Waals surface area contributed by atoms with Gasteiger partial charge in [-0.1, -0.05) is 18.2 Å². The zero-order valence-corrected chi connectivity index (χ0v) is 14.7. The zero-order chi connectivity index (χ0) is 17.1. The molecule has 5 nitrogen and oxygen atoms in total. The first-order valence-corrected chi connectivity index (χ1v) is 9.66. The molecule has 1 aromatic carbocycles. The number of thioether (sulfide) groups is 1. The normalized spacial score (nSPS) is 16.8. The highest BCUT2D eigenvalue weighted by atomic mass is 32.2. The molecule has 2 N–H and O–H groups in total. The summed E-state index contributed by atoms with van der Waals surface area (Å²) in [6, 6.07) is 11.9. The van der Waals surface area contributed by atoms with Crippen molar-refractivity contribution in [3.05, 3.63) is 60.2 Å². The summed E-state index contributed by atoms with van der Waals surface area (Å²) in [7, 11) is 0. The van der Waals surface area contributed by atoms with Gasteiger partial charge in [-0.3, -0.25) is 9.69 Å². The van der Waals surface area contributed by atoms with E-state index < -0.39 is 0 Å². The average Bonchev–Trinajstić information content (AvgIpc) is 3.32. The predicted molar refractivity (Wildman–Crippen MR) is 101 cm³/mol. The van der Waals surface area contributed by atoms with E-state index in [0.29, 0.717) is 12.2 Å². The molecule has 3 heterocycles. The number of furan rings is 1. The Hall–Kier alpha value is -2.18. The monoisotopic (exact) mass is 355 g/mol. The number of aromatic nitrogens is 1. The Morgan fingerprint density at radius 2 is 2.12 bits per heavy atom. The van der Waals surface area contributed by atoms with Gasteiger partial charge < -0.3 is 14.7 Å². The Kier molecular flexibility index (Phi) is 4.81. The summed E-state index contributed by atoms with van der Waals surface area (Å²) in [4.78, 5) is 18.2. The number of benzene rings is 1. The maximum Gasteiger partial charge on any atom is 0.267 e. The van der Waals surface area contributed by atoms with Gasteiger partial charge in [0.2, 0.25) is 0 Å². The van der Waals surface area contributed by atoms with Crippen molar-refractivity contribution in [3.63, 3.8) is 0 Å². The number of aromatic amines is 1. The molecule has 0 bridgehead atoms. The summed E-state index contributed by atoms with van der Waals surface area (Å²) in [6.45, 7) is 2.63. The molecule has 1 atom stereocenters. The molecular weight excluding hydrogens is 334 g/mol. The van der Waals surface area contributed by atoms with Gasteiger partial charge in [0.25, 0.3) is 5.91 Å². The molecule has 0 spiro atoms. The highest BCUT2D eigenvalue weighted by Crippen LogP contribution is 2.24. The van der Waals surface area contributed by atoms with Gasteiger partial charge in [-0.15, -0.1) is 0 Å². The zero-order valence-electron chi connectivity index (χ0n) is 13.9. The van der Waals surface area contributed by atoms with Crippen molar-refractivity contribution in [2.24, 2.45) is 0 Å². The Labute approximate surface area is 150 Å². The standard InChI is InChI=1S/C19H21N3O2S/c23-19(17-11-14-3-1-2-4-16(14)21-17)20-12-18(15-5-8-24-13-15)22-6-9-25-10-7-22/h1-5,8,11,13,18,21H,6-7,9-10,12H2,(H,20,23). The largest absolute Gasteiger partial charge is 0.472 e. The van der Waals surface area contributed by atoms with Crippen molar-refractivity contribution in [1.29, 1.82) is 0 Å². The van der Waals surface area contributed by atoms with Gasteiger partial charge in [-0.2, -0.15) is 11.8 Å². The van der Waals surface area contributed by atoms with Gasteiger partial charge in [0.05, 0.1) is 18.6 Å². The summed E-state index contributed by atoms with van der Waals surface area (Å²) in [6.07, 6.45) is 3.47. The minimum Gasteiger partial charge on any atom is -0.472 e. The molecule has 25 heavy (non-hydrogen) atoms. The number of nitrogens with zero attached hydrogens (tertiary/aromatic N) is 1. The number of hydrogen-bond donors (Lipinski definition) is 2. The smallest absolute Gasteiger partial charge is 0.267 e. The molecule has 1 fully saturated rings. The molecule has 1 saturated heterocycles. The van der Waals surface area contributed by atoms with Crippen molar-refractivity contribution < 1.29 is 9.21 Å². The van der Waals surface area contributed by atoms with E-state index in [1.807, 2.05) is 48.2 Å². The lowest BCUT2D eigenvalue weighted by Gasteiger charge is -2.33. The summed E-state index contributed by atoms with van der Waals surface area (Å²) in [5.41, 5.74) is 2.69. The molecule has 3 aromatic rings. The van der Waals surface area contributed by atoms with Gasteiger partial charge in [0.15, 0.2) is 0 Å². The number of amides is 1. The van der Waals surface area contributed by atoms with Crippen molar-refractivity contribution in [1.82, 2.24) is 15.2 Å². The fourth-order valence-corrected chi connectivity index (χ4v) is 4.22. The maximum absolute atomic E-state index is 12.6. The Morgan fingerprint density at radius 3 is 2.88 bits per heavy atom. The summed E-state index contributed by atoms with van der Waals surface area (Å²) in [5, 5.41) is 4.13. The van der Waals surface area contributed by atoms with Crippen LogP contribution in [0.4, 0.5) is 0 Å². The Balaban J connectivity index is 1.47. The second-order valence-electron chi connectivity index (χ2n) is 6.20. The van der Waals surface area contributed by atoms with Crippen molar-refractivity contribution in [2.75, 3.05) is 31.1 Å². The van der Waals surface area contributed by atoms with Crippen LogP contribution in [0.5, 0.6) is 0 Å². The topological polar surface area (TPSA) is 61.3 Å². The maximum atomic E-state index is 12.6.